The number of hydrogen-bond acceptors (Lipinski definition) is 2. The first-order valence-electron chi connectivity index (χ1n) is 3.33. The molecule has 1 radical (unpaired) electrons. The van der Waals surface area contributed by atoms with E-state index in [2.05, 4.69) is 35.3 Å². The second kappa shape index (κ2) is 3.74. The highest BCUT2D eigenvalue weighted by Crippen LogP contribution is 2.08. The van der Waals surface area contributed by atoms with Gasteiger partial charge in [-0.1, -0.05) is 0 Å². The van der Waals surface area contributed by atoms with Gasteiger partial charge in [0.15, 0.2) is 0 Å². The summed E-state index contributed by atoms with van der Waals surface area (Å²) in [6.45, 7) is 5.16. The number of nitrogens with zero attached hydrogens (tertiary/aromatic N) is 1. The molecule has 0 aromatic carbocycles. The zero-order valence-electron chi connectivity index (χ0n) is 6.37. The van der Waals surface area contributed by atoms with Crippen molar-refractivity contribution in [3.05, 3.63) is 28.9 Å². The Hall–Kier alpha value is -0.340. The van der Waals surface area contributed by atoms with Crippen molar-refractivity contribution < 1.29 is 0 Å². The van der Waals surface area contributed by atoms with Crippen molar-refractivity contribution in [2.75, 3.05) is 7.05 Å². The Morgan fingerprint density at radius 1 is 1.70 bits per heavy atom. The SMILES string of the molecule is C[CH]N(C)Cc1ccsc1. The first kappa shape index (κ1) is 7.76. The summed E-state index contributed by atoms with van der Waals surface area (Å²) in [4.78, 5) is 2.17. The zero-order valence-corrected chi connectivity index (χ0v) is 7.19. The fourth-order valence-corrected chi connectivity index (χ4v) is 1.42. The molecular weight excluding hydrogens is 142 g/mol. The van der Waals surface area contributed by atoms with Crippen LogP contribution in [0.5, 0.6) is 0 Å². The highest BCUT2D eigenvalue weighted by Gasteiger charge is 1.96. The van der Waals surface area contributed by atoms with Gasteiger partial charge in [0.1, 0.15) is 0 Å². The molecule has 1 aromatic rings. The lowest BCUT2D eigenvalue weighted by Crippen LogP contribution is -2.11. The quantitative estimate of drug-likeness (QED) is 0.646. The molecule has 0 aliphatic heterocycles. The normalized spacial score (nSPS) is 10.7. The van der Waals surface area contributed by atoms with E-state index in [0.717, 1.165) is 6.54 Å². The molecule has 1 nitrogen and oxygen atoms in total. The fourth-order valence-electron chi connectivity index (χ4n) is 0.762. The van der Waals surface area contributed by atoms with Gasteiger partial charge in [0.2, 0.25) is 0 Å². The molecule has 0 bridgehead atoms. The van der Waals surface area contributed by atoms with E-state index in [1.165, 1.54) is 5.56 Å². The third-order valence-corrected chi connectivity index (χ3v) is 2.18. The first-order valence-corrected chi connectivity index (χ1v) is 4.28. The first-order chi connectivity index (χ1) is 4.83. The van der Waals surface area contributed by atoms with E-state index in [1.807, 2.05) is 6.92 Å². The Balaban J connectivity index is 2.40. The van der Waals surface area contributed by atoms with Crippen LogP contribution in [0.3, 0.4) is 0 Å². The van der Waals surface area contributed by atoms with Crippen LogP contribution in [0.25, 0.3) is 0 Å². The fraction of sp³-hybridized carbons (Fsp3) is 0.375. The van der Waals surface area contributed by atoms with Gasteiger partial charge in [0.25, 0.3) is 0 Å². The summed E-state index contributed by atoms with van der Waals surface area (Å²) in [5.41, 5.74) is 1.39. The number of rotatable bonds is 3. The van der Waals surface area contributed by atoms with Gasteiger partial charge in [-0.2, -0.15) is 11.3 Å². The molecule has 0 saturated heterocycles. The maximum absolute atomic E-state index is 2.18. The van der Waals surface area contributed by atoms with E-state index in [9.17, 15) is 0 Å². The van der Waals surface area contributed by atoms with Crippen LogP contribution < -0.4 is 0 Å². The number of thiophene rings is 1. The van der Waals surface area contributed by atoms with Crippen molar-refractivity contribution in [3.8, 4) is 0 Å². The van der Waals surface area contributed by atoms with Gasteiger partial charge < -0.3 is 0 Å². The molecule has 10 heavy (non-hydrogen) atoms. The molecule has 0 atom stereocenters. The molecule has 0 aliphatic carbocycles. The standard InChI is InChI=1S/C8H12NS/c1-3-9(2)6-8-4-5-10-7-8/h3-5,7H,6H2,1-2H3. The minimum Gasteiger partial charge on any atom is -0.298 e. The van der Waals surface area contributed by atoms with Crippen molar-refractivity contribution in [1.29, 1.82) is 0 Å². The summed E-state index contributed by atoms with van der Waals surface area (Å²) in [6, 6.07) is 2.16. The van der Waals surface area contributed by atoms with Crippen LogP contribution in [0.15, 0.2) is 16.8 Å². The van der Waals surface area contributed by atoms with Gasteiger partial charge in [0.05, 0.1) is 0 Å². The Kier molecular flexibility index (Phi) is 2.90. The van der Waals surface area contributed by atoms with Crippen LogP contribution >= 0.6 is 11.3 Å². The lowest BCUT2D eigenvalue weighted by Gasteiger charge is -2.10. The molecule has 1 heterocycles. The summed E-state index contributed by atoms with van der Waals surface area (Å²) in [5, 5.41) is 4.29. The molecule has 0 spiro atoms. The van der Waals surface area contributed by atoms with Gasteiger partial charge >= 0.3 is 0 Å². The highest BCUT2D eigenvalue weighted by molar-refractivity contribution is 7.07. The summed E-state index contributed by atoms with van der Waals surface area (Å²) in [6.07, 6.45) is 0. The third-order valence-electron chi connectivity index (χ3n) is 1.45. The molecule has 0 saturated carbocycles. The number of hydrogen-bond donors (Lipinski definition) is 0. The van der Waals surface area contributed by atoms with Crippen LogP contribution in [0.1, 0.15) is 12.5 Å². The van der Waals surface area contributed by atoms with Crippen molar-refractivity contribution >= 4 is 11.3 Å². The van der Waals surface area contributed by atoms with Crippen LogP contribution in [0, 0.1) is 6.54 Å². The Morgan fingerprint density at radius 2 is 2.50 bits per heavy atom. The van der Waals surface area contributed by atoms with E-state index in [4.69, 9.17) is 0 Å². The van der Waals surface area contributed by atoms with Crippen molar-refractivity contribution in [2.24, 2.45) is 0 Å². The molecular formula is C8H12NS. The summed E-state index contributed by atoms with van der Waals surface area (Å²) >= 11 is 1.75. The monoisotopic (exact) mass is 154 g/mol. The second-order valence-corrected chi connectivity index (χ2v) is 3.08. The maximum Gasteiger partial charge on any atom is 0.0242 e. The summed E-state index contributed by atoms with van der Waals surface area (Å²) < 4.78 is 0. The highest BCUT2D eigenvalue weighted by atomic mass is 32.1. The minimum atomic E-state index is 1.03. The van der Waals surface area contributed by atoms with Crippen LogP contribution in [-0.4, -0.2) is 11.9 Å². The van der Waals surface area contributed by atoms with Crippen LogP contribution in [-0.2, 0) is 6.54 Å². The Bertz CT molecular complexity index is 169. The lowest BCUT2D eigenvalue weighted by molar-refractivity contribution is 0.404. The Morgan fingerprint density at radius 3 is 3.00 bits per heavy atom. The largest absolute Gasteiger partial charge is 0.298 e. The molecule has 0 N–H and O–H groups in total. The van der Waals surface area contributed by atoms with Gasteiger partial charge in [-0.3, -0.25) is 4.90 Å². The summed E-state index contributed by atoms with van der Waals surface area (Å²) in [5.74, 6) is 0. The van der Waals surface area contributed by atoms with E-state index < -0.39 is 0 Å². The van der Waals surface area contributed by atoms with Crippen molar-refractivity contribution in [2.45, 2.75) is 13.5 Å². The van der Waals surface area contributed by atoms with E-state index in [1.54, 1.807) is 11.3 Å². The predicted molar refractivity (Wildman–Crippen MR) is 45.8 cm³/mol. The van der Waals surface area contributed by atoms with Crippen LogP contribution in [0.4, 0.5) is 0 Å². The minimum absolute atomic E-state index is 1.03. The molecule has 1 rings (SSSR count). The molecule has 0 aliphatic rings. The van der Waals surface area contributed by atoms with Gasteiger partial charge in [-0.15, -0.1) is 0 Å². The van der Waals surface area contributed by atoms with E-state index in [-0.39, 0.29) is 0 Å². The van der Waals surface area contributed by atoms with E-state index in [0.29, 0.717) is 0 Å². The Labute approximate surface area is 66.3 Å². The smallest absolute Gasteiger partial charge is 0.0242 e. The van der Waals surface area contributed by atoms with Gasteiger partial charge in [-0.25, -0.2) is 0 Å². The van der Waals surface area contributed by atoms with Gasteiger partial charge in [0, 0.05) is 13.1 Å². The van der Waals surface area contributed by atoms with Crippen molar-refractivity contribution in [1.82, 2.24) is 4.90 Å². The zero-order chi connectivity index (χ0) is 7.40. The van der Waals surface area contributed by atoms with E-state index >= 15 is 0 Å². The summed E-state index contributed by atoms with van der Waals surface area (Å²) in [7, 11) is 2.08. The average molecular weight is 154 g/mol. The molecule has 0 fully saturated rings. The van der Waals surface area contributed by atoms with Crippen LogP contribution in [0.2, 0.25) is 0 Å². The molecule has 0 amide bonds. The van der Waals surface area contributed by atoms with Crippen molar-refractivity contribution in [3.63, 3.8) is 0 Å². The van der Waals surface area contributed by atoms with Gasteiger partial charge in [-0.05, 0) is 36.4 Å². The predicted octanol–water partition coefficient (Wildman–Crippen LogP) is 2.36. The molecule has 2 heteroatoms. The topological polar surface area (TPSA) is 3.24 Å². The molecule has 1 aromatic heterocycles. The maximum atomic E-state index is 2.18. The molecule has 55 valence electrons. The lowest BCUT2D eigenvalue weighted by atomic mass is 10.3. The second-order valence-electron chi connectivity index (χ2n) is 2.30. The molecule has 0 unspecified atom stereocenters. The average Bonchev–Trinajstić information content (AvgIpc) is 2.40. The third kappa shape index (κ3) is 2.12.